The minimum Gasteiger partial charge on any atom is -0.330 e. The molecule has 21 heavy (non-hydrogen) atoms. The Balaban J connectivity index is 2.16. The van der Waals surface area contributed by atoms with Gasteiger partial charge in [-0.1, -0.05) is 51.5 Å². The van der Waals surface area contributed by atoms with E-state index < -0.39 is 0 Å². The van der Waals surface area contributed by atoms with Crippen LogP contribution >= 0.6 is 0 Å². The number of rotatable bonds is 6. The highest BCUT2D eigenvalue weighted by Gasteiger charge is 2.30. The number of likely N-dealkylation sites (tertiary alicyclic amines) is 1. The molecule has 2 unspecified atom stereocenters. The normalized spacial score (nSPS) is 21.7. The van der Waals surface area contributed by atoms with Crippen molar-refractivity contribution >= 4 is 0 Å². The van der Waals surface area contributed by atoms with E-state index in [4.69, 9.17) is 5.73 Å². The summed E-state index contributed by atoms with van der Waals surface area (Å²) in [7, 11) is 0. The molecule has 1 aromatic carbocycles. The molecule has 2 nitrogen and oxygen atoms in total. The zero-order valence-corrected chi connectivity index (χ0v) is 14.0. The van der Waals surface area contributed by atoms with Gasteiger partial charge in [-0.2, -0.15) is 0 Å². The van der Waals surface area contributed by atoms with Crippen LogP contribution in [0.2, 0.25) is 0 Å². The molecule has 2 heteroatoms. The van der Waals surface area contributed by atoms with E-state index in [9.17, 15) is 0 Å². The SMILES string of the molecule is CCc1ccc(C(CN)C2CCCCN2CC(C)C)cc1. The first-order chi connectivity index (χ1) is 10.2. The summed E-state index contributed by atoms with van der Waals surface area (Å²) in [6.45, 7) is 10.0. The number of aryl methyl sites for hydroxylation is 1. The van der Waals surface area contributed by atoms with Crippen molar-refractivity contribution in [2.75, 3.05) is 19.6 Å². The molecule has 1 heterocycles. The third-order valence-electron chi connectivity index (χ3n) is 4.80. The summed E-state index contributed by atoms with van der Waals surface area (Å²) in [5.41, 5.74) is 9.01. The summed E-state index contributed by atoms with van der Waals surface area (Å²) in [5, 5.41) is 0. The first kappa shape index (κ1) is 16.5. The van der Waals surface area contributed by atoms with E-state index in [1.54, 1.807) is 0 Å². The molecule has 2 N–H and O–H groups in total. The fraction of sp³-hybridized carbons (Fsp3) is 0.684. The fourth-order valence-corrected chi connectivity index (χ4v) is 3.68. The Bertz CT molecular complexity index is 410. The van der Waals surface area contributed by atoms with Crippen LogP contribution < -0.4 is 5.73 Å². The average molecular weight is 288 g/mol. The highest BCUT2D eigenvalue weighted by atomic mass is 15.2. The van der Waals surface area contributed by atoms with Crippen LogP contribution in [-0.2, 0) is 6.42 Å². The molecular weight excluding hydrogens is 256 g/mol. The van der Waals surface area contributed by atoms with Gasteiger partial charge in [0.1, 0.15) is 0 Å². The maximum Gasteiger partial charge on any atom is 0.0176 e. The lowest BCUT2D eigenvalue weighted by Crippen LogP contribution is -2.46. The molecule has 118 valence electrons. The van der Waals surface area contributed by atoms with Gasteiger partial charge >= 0.3 is 0 Å². The molecule has 0 amide bonds. The number of nitrogens with zero attached hydrogens (tertiary/aromatic N) is 1. The summed E-state index contributed by atoms with van der Waals surface area (Å²) < 4.78 is 0. The lowest BCUT2D eigenvalue weighted by molar-refractivity contribution is 0.112. The van der Waals surface area contributed by atoms with E-state index in [1.165, 1.54) is 43.5 Å². The van der Waals surface area contributed by atoms with Gasteiger partial charge in [0.05, 0.1) is 0 Å². The Hall–Kier alpha value is -0.860. The number of nitrogens with two attached hydrogens (primary N) is 1. The van der Waals surface area contributed by atoms with Gasteiger partial charge in [0.15, 0.2) is 0 Å². The van der Waals surface area contributed by atoms with E-state index in [2.05, 4.69) is 49.9 Å². The molecule has 1 aliphatic rings. The van der Waals surface area contributed by atoms with E-state index in [0.29, 0.717) is 12.0 Å². The summed E-state index contributed by atoms with van der Waals surface area (Å²) in [5.74, 6) is 1.21. The summed E-state index contributed by atoms with van der Waals surface area (Å²) in [6.07, 6.45) is 5.10. The van der Waals surface area contributed by atoms with E-state index in [0.717, 1.165) is 18.9 Å². The quantitative estimate of drug-likeness (QED) is 0.862. The predicted molar refractivity (Wildman–Crippen MR) is 91.7 cm³/mol. The van der Waals surface area contributed by atoms with Gasteiger partial charge < -0.3 is 5.73 Å². The van der Waals surface area contributed by atoms with E-state index >= 15 is 0 Å². The average Bonchev–Trinajstić information content (AvgIpc) is 2.50. The molecule has 0 bridgehead atoms. The maximum absolute atomic E-state index is 6.17. The van der Waals surface area contributed by atoms with Crippen molar-refractivity contribution in [3.05, 3.63) is 35.4 Å². The first-order valence-electron chi connectivity index (χ1n) is 8.68. The minimum absolute atomic E-state index is 0.481. The molecule has 1 aromatic rings. The van der Waals surface area contributed by atoms with Crippen LogP contribution in [0.15, 0.2) is 24.3 Å². The molecule has 1 fully saturated rings. The van der Waals surface area contributed by atoms with E-state index in [1.807, 2.05) is 0 Å². The van der Waals surface area contributed by atoms with E-state index in [-0.39, 0.29) is 0 Å². The zero-order chi connectivity index (χ0) is 15.2. The van der Waals surface area contributed by atoms with Gasteiger partial charge in [-0.3, -0.25) is 4.90 Å². The molecule has 0 aliphatic carbocycles. The Morgan fingerprint density at radius 1 is 1.19 bits per heavy atom. The second-order valence-electron chi connectivity index (χ2n) is 6.89. The van der Waals surface area contributed by atoms with Crippen LogP contribution in [-0.4, -0.2) is 30.6 Å². The summed E-state index contributed by atoms with van der Waals surface area (Å²) in [6, 6.07) is 9.77. The van der Waals surface area contributed by atoms with Crippen LogP contribution in [0.3, 0.4) is 0 Å². The van der Waals surface area contributed by atoms with Crippen LogP contribution in [0.5, 0.6) is 0 Å². The first-order valence-corrected chi connectivity index (χ1v) is 8.68. The van der Waals surface area contributed by atoms with Crippen molar-refractivity contribution in [2.45, 2.75) is 58.4 Å². The van der Waals surface area contributed by atoms with Crippen molar-refractivity contribution in [2.24, 2.45) is 11.7 Å². The summed E-state index contributed by atoms with van der Waals surface area (Å²) >= 11 is 0. The minimum atomic E-state index is 0.481. The third kappa shape index (κ3) is 4.31. The van der Waals surface area contributed by atoms with Crippen LogP contribution in [0.4, 0.5) is 0 Å². The number of piperidine rings is 1. The lowest BCUT2D eigenvalue weighted by Gasteiger charge is -2.41. The molecule has 0 radical (unpaired) electrons. The van der Waals surface area contributed by atoms with Crippen LogP contribution in [0, 0.1) is 5.92 Å². The van der Waals surface area contributed by atoms with Crippen molar-refractivity contribution < 1.29 is 0 Å². The second kappa shape index (κ2) is 7.95. The summed E-state index contributed by atoms with van der Waals surface area (Å²) in [4.78, 5) is 2.69. The Morgan fingerprint density at radius 3 is 2.48 bits per heavy atom. The molecule has 2 rings (SSSR count). The number of hydrogen-bond donors (Lipinski definition) is 1. The Morgan fingerprint density at radius 2 is 1.90 bits per heavy atom. The van der Waals surface area contributed by atoms with Gasteiger partial charge in [-0.15, -0.1) is 0 Å². The standard InChI is InChI=1S/C19H32N2/c1-4-16-8-10-17(11-9-16)18(13-20)19-7-5-6-12-21(19)14-15(2)3/h8-11,15,18-19H,4-7,12-14,20H2,1-3H3. The molecular formula is C19H32N2. The van der Waals surface area contributed by atoms with Crippen LogP contribution in [0.25, 0.3) is 0 Å². The monoisotopic (exact) mass is 288 g/mol. The number of benzene rings is 1. The van der Waals surface area contributed by atoms with Crippen molar-refractivity contribution in [3.63, 3.8) is 0 Å². The smallest absolute Gasteiger partial charge is 0.0176 e. The van der Waals surface area contributed by atoms with Crippen molar-refractivity contribution in [1.82, 2.24) is 4.90 Å². The van der Waals surface area contributed by atoms with Gasteiger partial charge in [0.25, 0.3) is 0 Å². The molecule has 2 atom stereocenters. The Kier molecular flexibility index (Phi) is 6.25. The zero-order valence-electron chi connectivity index (χ0n) is 14.0. The van der Waals surface area contributed by atoms with Crippen molar-refractivity contribution in [3.8, 4) is 0 Å². The molecule has 0 saturated carbocycles. The third-order valence-corrected chi connectivity index (χ3v) is 4.80. The molecule has 0 spiro atoms. The Labute approximate surface area is 130 Å². The molecule has 1 saturated heterocycles. The van der Waals surface area contributed by atoms with Gasteiger partial charge in [0.2, 0.25) is 0 Å². The fourth-order valence-electron chi connectivity index (χ4n) is 3.68. The predicted octanol–water partition coefficient (Wildman–Crippen LogP) is 3.80. The second-order valence-corrected chi connectivity index (χ2v) is 6.89. The van der Waals surface area contributed by atoms with Crippen LogP contribution in [0.1, 0.15) is 57.1 Å². The highest BCUT2D eigenvalue weighted by molar-refractivity contribution is 5.27. The molecule has 0 aromatic heterocycles. The van der Waals surface area contributed by atoms with Gasteiger partial charge in [-0.05, 0) is 42.9 Å². The van der Waals surface area contributed by atoms with Gasteiger partial charge in [-0.25, -0.2) is 0 Å². The van der Waals surface area contributed by atoms with Gasteiger partial charge in [0, 0.05) is 25.0 Å². The molecule has 1 aliphatic heterocycles. The lowest BCUT2D eigenvalue weighted by atomic mass is 9.84. The number of hydrogen-bond acceptors (Lipinski definition) is 2. The topological polar surface area (TPSA) is 29.3 Å². The largest absolute Gasteiger partial charge is 0.330 e. The van der Waals surface area contributed by atoms with Crippen molar-refractivity contribution in [1.29, 1.82) is 0 Å². The maximum atomic E-state index is 6.17. The highest BCUT2D eigenvalue weighted by Crippen LogP contribution is 2.30.